The number of aromatic amines is 1. The first kappa shape index (κ1) is 12.9. The van der Waals surface area contributed by atoms with Crippen molar-refractivity contribution >= 4 is 16.7 Å². The topological polar surface area (TPSA) is 36.1 Å². The quantitative estimate of drug-likeness (QED) is 0.808. The normalized spacial score (nSPS) is 31.6. The van der Waals surface area contributed by atoms with Crippen molar-refractivity contribution in [2.75, 3.05) is 13.1 Å². The van der Waals surface area contributed by atoms with Crippen LogP contribution in [0.25, 0.3) is 10.9 Å². The van der Waals surface area contributed by atoms with E-state index in [1.165, 1.54) is 35.2 Å². The number of H-pyrrole nitrogens is 1. The predicted octanol–water partition coefficient (Wildman–Crippen LogP) is 3.46. The van der Waals surface area contributed by atoms with Gasteiger partial charge in [0.2, 0.25) is 0 Å². The number of Topliss-reactive ketones (excluding diaryl/α,β-unsaturated/α-hetero) is 1. The molecule has 1 N–H and O–H groups in total. The average molecular weight is 294 g/mol. The lowest BCUT2D eigenvalue weighted by molar-refractivity contribution is -0.124. The van der Waals surface area contributed by atoms with Gasteiger partial charge in [-0.25, -0.2) is 0 Å². The van der Waals surface area contributed by atoms with Gasteiger partial charge in [-0.15, -0.1) is 0 Å². The first-order valence-electron chi connectivity index (χ1n) is 8.65. The zero-order chi connectivity index (χ0) is 14.7. The third kappa shape index (κ3) is 1.81. The number of nitrogens with one attached hydrogen (secondary N) is 1. The number of rotatable bonds is 0. The van der Waals surface area contributed by atoms with Crippen molar-refractivity contribution in [1.29, 1.82) is 0 Å². The maximum atomic E-state index is 11.8. The Balaban J connectivity index is 1.54. The summed E-state index contributed by atoms with van der Waals surface area (Å²) in [6.45, 7) is 2.37. The van der Waals surface area contributed by atoms with Crippen molar-refractivity contribution in [2.45, 2.75) is 38.1 Å². The predicted molar refractivity (Wildman–Crippen MR) is 86.8 cm³/mol. The fraction of sp³-hybridized carbons (Fsp3) is 0.526. The van der Waals surface area contributed by atoms with Crippen LogP contribution in [0, 0.1) is 11.8 Å². The molecule has 2 aliphatic heterocycles. The van der Waals surface area contributed by atoms with Crippen molar-refractivity contribution in [1.82, 2.24) is 9.88 Å². The van der Waals surface area contributed by atoms with E-state index in [-0.39, 0.29) is 0 Å². The number of piperidine rings is 1. The summed E-state index contributed by atoms with van der Waals surface area (Å²) in [5.41, 5.74) is 4.23. The minimum atomic E-state index is 0.488. The Morgan fingerprint density at radius 2 is 2.05 bits per heavy atom. The van der Waals surface area contributed by atoms with Gasteiger partial charge in [-0.2, -0.15) is 0 Å². The maximum absolute atomic E-state index is 11.8. The number of benzene rings is 1. The lowest BCUT2D eigenvalue weighted by atomic mass is 9.71. The number of ketones is 1. The standard InChI is InChI=1S/C19H22N2O/c22-14-6-5-12-11-21-8-7-16-15-3-1-2-4-17(15)20-19(16)18(21)10-13(12)9-14/h1-4,12-13,18,20H,5-11H2/t12-,13-,18-/m1/s1. The molecule has 0 radical (unpaired) electrons. The van der Waals surface area contributed by atoms with E-state index in [0.29, 0.717) is 17.7 Å². The molecule has 1 aliphatic carbocycles. The fourth-order valence-electron chi connectivity index (χ4n) is 5.10. The summed E-state index contributed by atoms with van der Waals surface area (Å²) in [5.74, 6) is 1.85. The Kier molecular flexibility index (Phi) is 2.75. The summed E-state index contributed by atoms with van der Waals surface area (Å²) in [7, 11) is 0. The van der Waals surface area contributed by atoms with E-state index in [4.69, 9.17) is 0 Å². The summed E-state index contributed by atoms with van der Waals surface area (Å²) >= 11 is 0. The van der Waals surface area contributed by atoms with Crippen LogP contribution in [0.5, 0.6) is 0 Å². The van der Waals surface area contributed by atoms with Crippen LogP contribution in [-0.2, 0) is 11.2 Å². The zero-order valence-electron chi connectivity index (χ0n) is 12.8. The molecule has 3 aliphatic rings. The molecule has 114 valence electrons. The third-order valence-corrected chi connectivity index (χ3v) is 6.22. The van der Waals surface area contributed by atoms with Crippen LogP contribution in [0.4, 0.5) is 0 Å². The van der Waals surface area contributed by atoms with Crippen LogP contribution in [0.2, 0.25) is 0 Å². The molecule has 0 unspecified atom stereocenters. The van der Waals surface area contributed by atoms with E-state index < -0.39 is 0 Å². The molecule has 0 spiro atoms. The lowest BCUT2D eigenvalue weighted by Gasteiger charge is -2.47. The molecule has 3 heteroatoms. The summed E-state index contributed by atoms with van der Waals surface area (Å²) < 4.78 is 0. The van der Waals surface area contributed by atoms with E-state index in [0.717, 1.165) is 38.0 Å². The molecule has 1 saturated carbocycles. The van der Waals surface area contributed by atoms with Crippen LogP contribution in [-0.4, -0.2) is 28.8 Å². The minimum absolute atomic E-state index is 0.488. The summed E-state index contributed by atoms with van der Waals surface area (Å²) in [6, 6.07) is 9.19. The smallest absolute Gasteiger partial charge is 0.133 e. The van der Waals surface area contributed by atoms with Gasteiger partial charge in [0.15, 0.2) is 0 Å². The van der Waals surface area contributed by atoms with Crippen molar-refractivity contribution in [3.05, 3.63) is 35.5 Å². The zero-order valence-corrected chi connectivity index (χ0v) is 12.8. The van der Waals surface area contributed by atoms with Gasteiger partial charge < -0.3 is 4.98 Å². The molecule has 1 aromatic carbocycles. The molecule has 3 atom stereocenters. The number of hydrogen-bond acceptors (Lipinski definition) is 2. The van der Waals surface area contributed by atoms with Gasteiger partial charge in [0.1, 0.15) is 5.78 Å². The van der Waals surface area contributed by atoms with Gasteiger partial charge >= 0.3 is 0 Å². The van der Waals surface area contributed by atoms with Crippen LogP contribution in [0.1, 0.15) is 43.0 Å². The van der Waals surface area contributed by atoms with Crippen LogP contribution in [0.3, 0.4) is 0 Å². The summed E-state index contributed by atoms with van der Waals surface area (Å²) in [4.78, 5) is 18.2. The van der Waals surface area contributed by atoms with E-state index in [2.05, 4.69) is 34.1 Å². The van der Waals surface area contributed by atoms with E-state index in [1.807, 2.05) is 0 Å². The molecular formula is C19H22N2O. The monoisotopic (exact) mass is 294 g/mol. The van der Waals surface area contributed by atoms with Gasteiger partial charge in [0.05, 0.1) is 6.04 Å². The van der Waals surface area contributed by atoms with Gasteiger partial charge in [-0.3, -0.25) is 9.69 Å². The maximum Gasteiger partial charge on any atom is 0.133 e. The Labute approximate surface area is 130 Å². The Bertz CT molecular complexity index is 747. The number of fused-ring (bicyclic) bond motifs is 6. The molecule has 1 saturated heterocycles. The Morgan fingerprint density at radius 1 is 1.14 bits per heavy atom. The molecular weight excluding hydrogens is 272 g/mol. The van der Waals surface area contributed by atoms with Gasteiger partial charge in [-0.1, -0.05) is 18.2 Å². The van der Waals surface area contributed by atoms with Crippen LogP contribution < -0.4 is 0 Å². The number of carbonyl (C=O) groups is 1. The molecule has 1 aromatic heterocycles. The van der Waals surface area contributed by atoms with Gasteiger partial charge in [0, 0.05) is 42.5 Å². The first-order chi connectivity index (χ1) is 10.8. The largest absolute Gasteiger partial charge is 0.357 e. The SMILES string of the molecule is O=C1CC[C@@H]2CN3CCc4c([nH]c5ccccc45)[C@H]3C[C@H]2C1. The molecule has 22 heavy (non-hydrogen) atoms. The third-order valence-electron chi connectivity index (χ3n) is 6.22. The van der Waals surface area contributed by atoms with Crippen molar-refractivity contribution in [3.63, 3.8) is 0 Å². The van der Waals surface area contributed by atoms with E-state index in [9.17, 15) is 4.79 Å². The molecule has 2 fully saturated rings. The highest BCUT2D eigenvalue weighted by atomic mass is 16.1. The lowest BCUT2D eigenvalue weighted by Crippen LogP contribution is -2.47. The Morgan fingerprint density at radius 3 is 3.00 bits per heavy atom. The number of carbonyl (C=O) groups excluding carboxylic acids is 1. The number of nitrogens with zero attached hydrogens (tertiary/aromatic N) is 1. The second kappa shape index (κ2) is 4.69. The summed E-state index contributed by atoms with van der Waals surface area (Å²) in [5, 5.41) is 1.40. The van der Waals surface area contributed by atoms with Crippen LogP contribution >= 0.6 is 0 Å². The molecule has 0 amide bonds. The van der Waals surface area contributed by atoms with E-state index >= 15 is 0 Å². The molecule has 3 nitrogen and oxygen atoms in total. The summed E-state index contributed by atoms with van der Waals surface area (Å²) in [6.07, 6.45) is 5.08. The second-order valence-electron chi connectivity index (χ2n) is 7.36. The fourth-order valence-corrected chi connectivity index (χ4v) is 5.10. The first-order valence-corrected chi connectivity index (χ1v) is 8.65. The molecule has 0 bridgehead atoms. The number of hydrogen-bond donors (Lipinski definition) is 1. The second-order valence-corrected chi connectivity index (χ2v) is 7.36. The van der Waals surface area contributed by atoms with Gasteiger partial charge in [-0.05, 0) is 42.7 Å². The minimum Gasteiger partial charge on any atom is -0.357 e. The molecule has 5 rings (SSSR count). The molecule has 2 aromatic rings. The van der Waals surface area contributed by atoms with Crippen molar-refractivity contribution in [2.24, 2.45) is 11.8 Å². The van der Waals surface area contributed by atoms with Crippen molar-refractivity contribution < 1.29 is 4.79 Å². The number of aromatic nitrogens is 1. The van der Waals surface area contributed by atoms with E-state index in [1.54, 1.807) is 0 Å². The van der Waals surface area contributed by atoms with Gasteiger partial charge in [0.25, 0.3) is 0 Å². The highest BCUT2D eigenvalue weighted by molar-refractivity contribution is 5.85. The molecule has 3 heterocycles. The van der Waals surface area contributed by atoms with Crippen LogP contribution in [0.15, 0.2) is 24.3 Å². The number of para-hydroxylation sites is 1. The Hall–Kier alpha value is -1.61. The highest BCUT2D eigenvalue weighted by Gasteiger charge is 2.42. The average Bonchev–Trinajstić information content (AvgIpc) is 2.92. The highest BCUT2D eigenvalue weighted by Crippen LogP contribution is 2.46. The van der Waals surface area contributed by atoms with Crippen molar-refractivity contribution in [3.8, 4) is 0 Å².